The molecule has 0 bridgehead atoms. The van der Waals surface area contributed by atoms with Crippen LogP contribution >= 0.6 is 15.9 Å². The predicted molar refractivity (Wildman–Crippen MR) is 80.6 cm³/mol. The van der Waals surface area contributed by atoms with E-state index in [9.17, 15) is 0 Å². The molecule has 0 heterocycles. The molecule has 0 aliphatic heterocycles. The molecular formula is C15H22BrNO2. The van der Waals surface area contributed by atoms with E-state index in [4.69, 9.17) is 9.47 Å². The quantitative estimate of drug-likeness (QED) is 0.704. The van der Waals surface area contributed by atoms with Crippen molar-refractivity contribution in [2.45, 2.75) is 38.8 Å². The van der Waals surface area contributed by atoms with E-state index in [-0.39, 0.29) is 0 Å². The lowest BCUT2D eigenvalue weighted by Crippen LogP contribution is -2.15. The van der Waals surface area contributed by atoms with Crippen molar-refractivity contribution in [2.24, 2.45) is 0 Å². The van der Waals surface area contributed by atoms with Crippen LogP contribution in [-0.4, -0.2) is 25.9 Å². The minimum absolute atomic E-state index is 0.608. The first-order chi connectivity index (χ1) is 9.29. The Morgan fingerprint density at radius 1 is 1.26 bits per heavy atom. The number of nitrogens with one attached hydrogen (secondary N) is 1. The Morgan fingerprint density at radius 3 is 2.84 bits per heavy atom. The summed E-state index contributed by atoms with van der Waals surface area (Å²) in [4.78, 5) is 0. The largest absolute Gasteiger partial charge is 0.491 e. The molecule has 0 atom stereocenters. The van der Waals surface area contributed by atoms with Crippen molar-refractivity contribution in [3.05, 3.63) is 28.2 Å². The monoisotopic (exact) mass is 327 g/mol. The van der Waals surface area contributed by atoms with Crippen molar-refractivity contribution in [2.75, 3.05) is 19.8 Å². The molecule has 1 aliphatic rings. The number of hydrogen-bond donors (Lipinski definition) is 1. The van der Waals surface area contributed by atoms with Crippen LogP contribution in [0.15, 0.2) is 22.7 Å². The summed E-state index contributed by atoms with van der Waals surface area (Å²) in [6, 6.07) is 6.86. The van der Waals surface area contributed by atoms with Gasteiger partial charge in [-0.2, -0.15) is 0 Å². The summed E-state index contributed by atoms with van der Waals surface area (Å²) in [5, 5.41) is 3.51. The summed E-state index contributed by atoms with van der Waals surface area (Å²) in [5.41, 5.74) is 1.25. The Balaban J connectivity index is 1.77. The highest BCUT2D eigenvalue weighted by atomic mass is 79.9. The topological polar surface area (TPSA) is 30.5 Å². The second-order valence-electron chi connectivity index (χ2n) is 4.87. The van der Waals surface area contributed by atoms with Crippen molar-refractivity contribution in [3.63, 3.8) is 0 Å². The third kappa shape index (κ3) is 5.51. The average molecular weight is 328 g/mol. The molecule has 1 saturated carbocycles. The molecule has 1 N–H and O–H groups in total. The number of halogens is 1. The van der Waals surface area contributed by atoms with Crippen molar-refractivity contribution >= 4 is 15.9 Å². The fourth-order valence-electron chi connectivity index (χ4n) is 1.78. The Hall–Kier alpha value is -0.580. The van der Waals surface area contributed by atoms with E-state index in [1.165, 1.54) is 18.4 Å². The summed E-state index contributed by atoms with van der Waals surface area (Å²) in [6.07, 6.45) is 3.67. The molecule has 0 radical (unpaired) electrons. The zero-order valence-corrected chi connectivity index (χ0v) is 13.0. The molecule has 0 amide bonds. The van der Waals surface area contributed by atoms with E-state index in [0.717, 1.165) is 35.8 Å². The molecule has 0 aromatic heterocycles. The number of benzene rings is 1. The lowest BCUT2D eigenvalue weighted by molar-refractivity contribution is 0.101. The number of hydrogen-bond acceptors (Lipinski definition) is 3. The van der Waals surface area contributed by atoms with Crippen LogP contribution in [0.5, 0.6) is 5.75 Å². The minimum atomic E-state index is 0.608. The molecule has 0 unspecified atom stereocenters. The lowest BCUT2D eigenvalue weighted by atomic mass is 10.2. The zero-order valence-electron chi connectivity index (χ0n) is 11.5. The Kier molecular flexibility index (Phi) is 6.14. The molecule has 1 fully saturated rings. The van der Waals surface area contributed by atoms with Gasteiger partial charge >= 0.3 is 0 Å². The molecule has 4 heteroatoms. The Morgan fingerprint density at radius 2 is 2.11 bits per heavy atom. The van der Waals surface area contributed by atoms with Crippen molar-refractivity contribution in [3.8, 4) is 5.75 Å². The Labute approximate surface area is 123 Å². The van der Waals surface area contributed by atoms with Gasteiger partial charge in [-0.15, -0.1) is 0 Å². The molecule has 19 heavy (non-hydrogen) atoms. The van der Waals surface area contributed by atoms with Gasteiger partial charge in [-0.1, -0.05) is 22.9 Å². The predicted octanol–water partition coefficient (Wildman–Crippen LogP) is 3.51. The minimum Gasteiger partial charge on any atom is -0.491 e. The van der Waals surface area contributed by atoms with Crippen molar-refractivity contribution < 1.29 is 9.47 Å². The third-order valence-corrected chi connectivity index (χ3v) is 3.79. The number of ether oxygens (including phenoxy) is 2. The van der Waals surface area contributed by atoms with Crippen LogP contribution in [-0.2, 0) is 11.3 Å². The molecule has 1 aromatic carbocycles. The maximum Gasteiger partial charge on any atom is 0.119 e. The average Bonchev–Trinajstić information content (AvgIpc) is 3.23. The van der Waals surface area contributed by atoms with Crippen molar-refractivity contribution in [1.29, 1.82) is 0 Å². The SMILES string of the molecule is CCCOCCOc1ccc(Br)c(CNC2CC2)c1. The first kappa shape index (κ1) is 14.8. The van der Waals surface area contributed by atoms with Crippen LogP contribution in [0.1, 0.15) is 31.7 Å². The van der Waals surface area contributed by atoms with Gasteiger partial charge in [0.15, 0.2) is 0 Å². The zero-order chi connectivity index (χ0) is 13.5. The van der Waals surface area contributed by atoms with Crippen LogP contribution in [0.25, 0.3) is 0 Å². The summed E-state index contributed by atoms with van der Waals surface area (Å²) in [7, 11) is 0. The van der Waals surface area contributed by atoms with E-state index in [1.54, 1.807) is 0 Å². The molecule has 106 valence electrons. The van der Waals surface area contributed by atoms with E-state index < -0.39 is 0 Å². The van der Waals surface area contributed by atoms with Crippen LogP contribution < -0.4 is 10.1 Å². The highest BCUT2D eigenvalue weighted by Gasteiger charge is 2.20. The van der Waals surface area contributed by atoms with Gasteiger partial charge in [0, 0.05) is 23.7 Å². The maximum absolute atomic E-state index is 5.70. The highest BCUT2D eigenvalue weighted by molar-refractivity contribution is 9.10. The number of rotatable bonds is 9. The van der Waals surface area contributed by atoms with Crippen LogP contribution in [0.4, 0.5) is 0 Å². The lowest BCUT2D eigenvalue weighted by Gasteiger charge is -2.10. The third-order valence-electron chi connectivity index (χ3n) is 3.02. The standard InChI is InChI=1S/C15H22BrNO2/c1-2-7-18-8-9-19-14-5-6-15(16)12(10-14)11-17-13-3-4-13/h5-6,10,13,17H,2-4,7-9,11H2,1H3. The van der Waals surface area contributed by atoms with Gasteiger partial charge in [0.05, 0.1) is 6.61 Å². The second-order valence-corrected chi connectivity index (χ2v) is 5.72. The normalized spacial score (nSPS) is 14.6. The second kappa shape index (κ2) is 7.88. The van der Waals surface area contributed by atoms with Crippen molar-refractivity contribution in [1.82, 2.24) is 5.32 Å². The van der Waals surface area contributed by atoms with Crippen LogP contribution in [0.2, 0.25) is 0 Å². The Bertz CT molecular complexity index is 394. The molecule has 0 saturated heterocycles. The first-order valence-electron chi connectivity index (χ1n) is 7.02. The van der Waals surface area contributed by atoms with Gasteiger partial charge in [0.2, 0.25) is 0 Å². The fourth-order valence-corrected chi connectivity index (χ4v) is 2.17. The molecule has 2 rings (SSSR count). The van der Waals surface area contributed by atoms with Gasteiger partial charge < -0.3 is 14.8 Å². The summed E-state index contributed by atoms with van der Waals surface area (Å²) in [6.45, 7) is 5.07. The van der Waals surface area contributed by atoms with Gasteiger partial charge in [-0.25, -0.2) is 0 Å². The van der Waals surface area contributed by atoms with E-state index in [0.29, 0.717) is 13.2 Å². The van der Waals surface area contributed by atoms with Gasteiger partial charge in [-0.05, 0) is 43.0 Å². The summed E-state index contributed by atoms with van der Waals surface area (Å²) >= 11 is 3.58. The maximum atomic E-state index is 5.70. The molecule has 0 spiro atoms. The molecule has 1 aromatic rings. The molecular weight excluding hydrogens is 306 g/mol. The van der Waals surface area contributed by atoms with Gasteiger partial charge in [0.1, 0.15) is 12.4 Å². The highest BCUT2D eigenvalue weighted by Crippen LogP contribution is 2.25. The van der Waals surface area contributed by atoms with Gasteiger partial charge in [-0.3, -0.25) is 0 Å². The molecule has 3 nitrogen and oxygen atoms in total. The first-order valence-corrected chi connectivity index (χ1v) is 7.81. The van der Waals surface area contributed by atoms with Gasteiger partial charge in [0.25, 0.3) is 0 Å². The fraction of sp³-hybridized carbons (Fsp3) is 0.600. The van der Waals surface area contributed by atoms with Crippen LogP contribution in [0, 0.1) is 0 Å². The van der Waals surface area contributed by atoms with E-state index in [2.05, 4.69) is 34.2 Å². The van der Waals surface area contributed by atoms with Crippen LogP contribution in [0.3, 0.4) is 0 Å². The van der Waals surface area contributed by atoms with E-state index in [1.807, 2.05) is 12.1 Å². The summed E-state index contributed by atoms with van der Waals surface area (Å²) in [5.74, 6) is 0.913. The molecule has 1 aliphatic carbocycles. The van der Waals surface area contributed by atoms with E-state index >= 15 is 0 Å². The summed E-state index contributed by atoms with van der Waals surface area (Å²) < 4.78 is 12.2. The smallest absolute Gasteiger partial charge is 0.119 e.